The lowest BCUT2D eigenvalue weighted by Gasteiger charge is -2.16. The van der Waals surface area contributed by atoms with E-state index in [4.69, 9.17) is 4.84 Å². The molecule has 19 heavy (non-hydrogen) atoms. The Morgan fingerprint density at radius 2 is 1.74 bits per heavy atom. The van der Waals surface area contributed by atoms with E-state index in [0.717, 1.165) is 0 Å². The van der Waals surface area contributed by atoms with Gasteiger partial charge < -0.3 is 9.42 Å². The number of carbonyl (C=O) groups excluding carboxylic acids is 2. The maximum atomic E-state index is 11.8. The summed E-state index contributed by atoms with van der Waals surface area (Å²) in [5.41, 5.74) is 0.411. The van der Waals surface area contributed by atoms with Gasteiger partial charge in [-0.15, -0.1) is 5.06 Å². The standard InChI is InChI=1S/C11H12NO6P/c1-2-18-19(15,16)7-17-12-10(13)8-5-3-4-6-9(8)11(12)14/h3-6H,2,7H2,1H3,(H,15,16). The monoisotopic (exact) mass is 285 g/mol. The zero-order valence-corrected chi connectivity index (χ0v) is 11.0. The van der Waals surface area contributed by atoms with Crippen LogP contribution in [-0.4, -0.2) is 34.7 Å². The second-order valence-corrected chi connectivity index (χ2v) is 5.56. The summed E-state index contributed by atoms with van der Waals surface area (Å²) in [5.74, 6) is -1.31. The first-order valence-corrected chi connectivity index (χ1v) is 7.29. The highest BCUT2D eigenvalue weighted by atomic mass is 31.2. The summed E-state index contributed by atoms with van der Waals surface area (Å²) in [6, 6.07) is 6.20. The molecule has 0 fully saturated rings. The molecule has 0 aliphatic carbocycles. The molecule has 1 aliphatic rings. The molecule has 8 heteroatoms. The molecule has 2 rings (SSSR count). The molecule has 0 saturated carbocycles. The molecule has 1 unspecified atom stereocenters. The van der Waals surface area contributed by atoms with E-state index in [9.17, 15) is 19.0 Å². The smallest absolute Gasteiger partial charge is 0.323 e. The lowest BCUT2D eigenvalue weighted by Crippen LogP contribution is -2.30. The molecule has 1 aliphatic heterocycles. The van der Waals surface area contributed by atoms with E-state index in [2.05, 4.69) is 4.52 Å². The zero-order valence-electron chi connectivity index (χ0n) is 10.1. The Balaban J connectivity index is 2.11. The topological polar surface area (TPSA) is 93.1 Å². The van der Waals surface area contributed by atoms with Crippen molar-refractivity contribution in [3.63, 3.8) is 0 Å². The molecule has 7 nitrogen and oxygen atoms in total. The quantitative estimate of drug-likeness (QED) is 0.649. The first-order chi connectivity index (χ1) is 8.96. The molecule has 0 spiro atoms. The number of carbonyl (C=O) groups is 2. The van der Waals surface area contributed by atoms with E-state index >= 15 is 0 Å². The molecule has 1 atom stereocenters. The van der Waals surface area contributed by atoms with Crippen LogP contribution in [0.5, 0.6) is 0 Å². The van der Waals surface area contributed by atoms with Crippen LogP contribution >= 0.6 is 7.60 Å². The number of hydrogen-bond donors (Lipinski definition) is 1. The van der Waals surface area contributed by atoms with E-state index in [1.807, 2.05) is 0 Å². The number of imide groups is 1. The summed E-state index contributed by atoms with van der Waals surface area (Å²) in [6.45, 7) is 1.57. The molecule has 1 aromatic rings. The van der Waals surface area contributed by atoms with E-state index in [-0.39, 0.29) is 17.7 Å². The number of amides is 2. The minimum Gasteiger partial charge on any atom is -0.323 e. The average Bonchev–Trinajstić information content (AvgIpc) is 2.61. The normalized spacial score (nSPS) is 17.5. The van der Waals surface area contributed by atoms with Crippen LogP contribution in [0.3, 0.4) is 0 Å². The Kier molecular flexibility index (Phi) is 3.82. The van der Waals surface area contributed by atoms with Crippen molar-refractivity contribution in [2.24, 2.45) is 0 Å². The third-order valence-electron chi connectivity index (χ3n) is 2.44. The summed E-state index contributed by atoms with van der Waals surface area (Å²) in [7, 11) is -3.96. The summed E-state index contributed by atoms with van der Waals surface area (Å²) in [4.78, 5) is 37.8. The van der Waals surface area contributed by atoms with E-state index in [1.54, 1.807) is 19.1 Å². The summed E-state index contributed by atoms with van der Waals surface area (Å²) < 4.78 is 16.0. The van der Waals surface area contributed by atoms with Gasteiger partial charge in [-0.3, -0.25) is 14.2 Å². The molecule has 2 amide bonds. The van der Waals surface area contributed by atoms with Crippen molar-refractivity contribution in [2.75, 3.05) is 13.0 Å². The van der Waals surface area contributed by atoms with Crippen LogP contribution in [0.4, 0.5) is 0 Å². The molecule has 1 N–H and O–H groups in total. The Labute approximate surface area is 109 Å². The highest BCUT2D eigenvalue weighted by molar-refractivity contribution is 7.52. The van der Waals surface area contributed by atoms with Gasteiger partial charge in [-0.1, -0.05) is 12.1 Å². The number of rotatable bonds is 5. The van der Waals surface area contributed by atoms with Crippen molar-refractivity contribution in [2.45, 2.75) is 6.92 Å². The van der Waals surface area contributed by atoms with Gasteiger partial charge in [-0.05, 0) is 19.1 Å². The van der Waals surface area contributed by atoms with Crippen LogP contribution in [0.1, 0.15) is 27.6 Å². The molecule has 0 saturated heterocycles. The number of nitrogens with zero attached hydrogens (tertiary/aromatic N) is 1. The van der Waals surface area contributed by atoms with Crippen molar-refractivity contribution in [1.82, 2.24) is 5.06 Å². The van der Waals surface area contributed by atoms with Crippen LogP contribution in [0.2, 0.25) is 0 Å². The lowest BCUT2D eigenvalue weighted by molar-refractivity contribution is -0.0778. The number of fused-ring (bicyclic) bond motifs is 1. The van der Waals surface area contributed by atoms with Crippen molar-refractivity contribution < 1.29 is 28.4 Å². The SMILES string of the molecule is CCOP(=O)(O)CON1C(=O)c2ccccc2C1=O. The van der Waals surface area contributed by atoms with Crippen molar-refractivity contribution in [3.05, 3.63) is 35.4 Å². The van der Waals surface area contributed by atoms with Gasteiger partial charge in [0.25, 0.3) is 11.8 Å². The van der Waals surface area contributed by atoms with Gasteiger partial charge in [0.15, 0.2) is 6.35 Å². The van der Waals surface area contributed by atoms with E-state index < -0.39 is 25.8 Å². The maximum absolute atomic E-state index is 11.8. The van der Waals surface area contributed by atoms with Gasteiger partial charge in [0, 0.05) is 0 Å². The predicted octanol–water partition coefficient (Wildman–Crippen LogP) is 1.39. The Morgan fingerprint density at radius 1 is 1.21 bits per heavy atom. The van der Waals surface area contributed by atoms with E-state index in [0.29, 0.717) is 5.06 Å². The minimum absolute atomic E-state index is 0.0270. The van der Waals surface area contributed by atoms with Gasteiger partial charge in [-0.25, -0.2) is 4.84 Å². The molecule has 102 valence electrons. The Hall–Kier alpha value is -1.53. The van der Waals surface area contributed by atoms with Crippen LogP contribution in [0.25, 0.3) is 0 Å². The van der Waals surface area contributed by atoms with Crippen LogP contribution in [-0.2, 0) is 13.9 Å². The second kappa shape index (κ2) is 5.22. The molecule has 1 aromatic carbocycles. The third-order valence-corrected chi connectivity index (χ3v) is 3.54. The van der Waals surface area contributed by atoms with Crippen LogP contribution in [0, 0.1) is 0 Å². The molecule has 1 heterocycles. The molecular formula is C11H12NO6P. The van der Waals surface area contributed by atoms with Crippen molar-refractivity contribution >= 4 is 19.4 Å². The lowest BCUT2D eigenvalue weighted by atomic mass is 10.1. The molecule has 0 bridgehead atoms. The Bertz CT molecular complexity index is 537. The first-order valence-electron chi connectivity index (χ1n) is 5.53. The maximum Gasteiger partial charge on any atom is 0.356 e. The van der Waals surface area contributed by atoms with Gasteiger partial charge >= 0.3 is 7.60 Å². The largest absolute Gasteiger partial charge is 0.356 e. The number of hydroxylamine groups is 2. The van der Waals surface area contributed by atoms with Crippen molar-refractivity contribution in [1.29, 1.82) is 0 Å². The fourth-order valence-electron chi connectivity index (χ4n) is 1.65. The fraction of sp³-hybridized carbons (Fsp3) is 0.273. The molecular weight excluding hydrogens is 273 g/mol. The minimum atomic E-state index is -3.96. The van der Waals surface area contributed by atoms with E-state index in [1.165, 1.54) is 12.1 Å². The summed E-state index contributed by atoms with van der Waals surface area (Å²) >= 11 is 0. The highest BCUT2D eigenvalue weighted by Gasteiger charge is 2.38. The number of benzene rings is 1. The first kappa shape index (κ1) is 13.9. The van der Waals surface area contributed by atoms with Gasteiger partial charge in [0.2, 0.25) is 0 Å². The molecule has 0 radical (unpaired) electrons. The van der Waals surface area contributed by atoms with Crippen LogP contribution < -0.4 is 0 Å². The van der Waals surface area contributed by atoms with Gasteiger partial charge in [0.05, 0.1) is 17.7 Å². The van der Waals surface area contributed by atoms with Gasteiger partial charge in [0.1, 0.15) is 0 Å². The second-order valence-electron chi connectivity index (χ2n) is 3.76. The average molecular weight is 285 g/mol. The Morgan fingerprint density at radius 3 is 2.21 bits per heavy atom. The fourth-order valence-corrected chi connectivity index (χ4v) is 2.39. The summed E-state index contributed by atoms with van der Waals surface area (Å²) in [5, 5.41) is 0.479. The third kappa shape index (κ3) is 2.74. The van der Waals surface area contributed by atoms with Crippen molar-refractivity contribution in [3.8, 4) is 0 Å². The molecule has 0 aromatic heterocycles. The van der Waals surface area contributed by atoms with Crippen LogP contribution in [0.15, 0.2) is 24.3 Å². The number of hydrogen-bond acceptors (Lipinski definition) is 5. The highest BCUT2D eigenvalue weighted by Crippen LogP contribution is 2.42. The zero-order chi connectivity index (χ0) is 14.0. The van der Waals surface area contributed by atoms with Gasteiger partial charge in [-0.2, -0.15) is 0 Å². The summed E-state index contributed by atoms with van der Waals surface area (Å²) in [6.07, 6.45) is -0.758. The predicted molar refractivity (Wildman–Crippen MR) is 64.3 cm³/mol.